The lowest BCUT2D eigenvalue weighted by atomic mass is 9.84. The lowest BCUT2D eigenvalue weighted by Crippen LogP contribution is -2.40. The fraction of sp³-hybridized carbons (Fsp3) is 0.588. The molecule has 2 aliphatic carbocycles. The van der Waals surface area contributed by atoms with Crippen molar-refractivity contribution in [3.8, 4) is 5.75 Å². The summed E-state index contributed by atoms with van der Waals surface area (Å²) in [6.07, 6.45) is 5.36. The Morgan fingerprint density at radius 2 is 2.19 bits per heavy atom. The van der Waals surface area contributed by atoms with Gasteiger partial charge in [-0.15, -0.1) is 0 Å². The van der Waals surface area contributed by atoms with E-state index in [-0.39, 0.29) is 11.9 Å². The highest BCUT2D eigenvalue weighted by Gasteiger charge is 2.42. The van der Waals surface area contributed by atoms with Crippen molar-refractivity contribution in [3.05, 3.63) is 23.8 Å². The van der Waals surface area contributed by atoms with Gasteiger partial charge in [-0.1, -0.05) is 6.42 Å². The second kappa shape index (κ2) is 5.58. The van der Waals surface area contributed by atoms with Gasteiger partial charge in [0.2, 0.25) is 0 Å². The molecule has 4 unspecified atom stereocenters. The predicted molar refractivity (Wildman–Crippen MR) is 83.3 cm³/mol. The third kappa shape index (κ3) is 2.71. The van der Waals surface area contributed by atoms with Gasteiger partial charge in [-0.25, -0.2) is 0 Å². The van der Waals surface area contributed by atoms with Gasteiger partial charge in [0.25, 0.3) is 5.91 Å². The highest BCUT2D eigenvalue weighted by atomic mass is 16.5. The lowest BCUT2D eigenvalue weighted by molar-refractivity contribution is 0.0915. The van der Waals surface area contributed by atoms with Crippen LogP contribution < -0.4 is 15.8 Å². The van der Waals surface area contributed by atoms with Crippen LogP contribution in [0.25, 0.3) is 0 Å². The van der Waals surface area contributed by atoms with E-state index in [1.54, 1.807) is 25.3 Å². The maximum absolute atomic E-state index is 12.4. The number of fused-ring (bicyclic) bond motifs is 2. The van der Waals surface area contributed by atoms with E-state index in [0.717, 1.165) is 11.8 Å². The third-order valence-corrected chi connectivity index (χ3v) is 5.29. The first kappa shape index (κ1) is 14.2. The topological polar surface area (TPSA) is 64.3 Å². The fourth-order valence-electron chi connectivity index (χ4n) is 4.16. The van der Waals surface area contributed by atoms with Gasteiger partial charge in [0.15, 0.2) is 0 Å². The number of carbonyl (C=O) groups is 1. The number of amides is 1. The molecule has 2 bridgehead atoms. The second-order valence-electron chi connectivity index (χ2n) is 6.56. The molecule has 4 heteroatoms. The van der Waals surface area contributed by atoms with E-state index in [9.17, 15) is 4.79 Å². The van der Waals surface area contributed by atoms with Crippen LogP contribution in [0.1, 0.15) is 43.0 Å². The van der Waals surface area contributed by atoms with Crippen LogP contribution in [0.4, 0.5) is 5.69 Å². The van der Waals surface area contributed by atoms with Crippen molar-refractivity contribution in [3.63, 3.8) is 0 Å². The van der Waals surface area contributed by atoms with E-state index in [0.29, 0.717) is 22.9 Å². The molecule has 3 N–H and O–H groups in total. The van der Waals surface area contributed by atoms with E-state index in [4.69, 9.17) is 10.5 Å². The summed E-state index contributed by atoms with van der Waals surface area (Å²) >= 11 is 0. The number of rotatable bonds is 4. The molecule has 0 heterocycles. The van der Waals surface area contributed by atoms with Crippen molar-refractivity contribution in [1.29, 1.82) is 0 Å². The van der Waals surface area contributed by atoms with E-state index >= 15 is 0 Å². The van der Waals surface area contributed by atoms with Crippen molar-refractivity contribution < 1.29 is 9.53 Å². The van der Waals surface area contributed by atoms with Crippen molar-refractivity contribution in [2.24, 2.45) is 17.8 Å². The molecule has 4 atom stereocenters. The molecule has 1 aromatic carbocycles. The number of ether oxygens (including phenoxy) is 1. The fourth-order valence-corrected chi connectivity index (χ4v) is 4.16. The van der Waals surface area contributed by atoms with Crippen LogP contribution in [0.15, 0.2) is 18.2 Å². The maximum Gasteiger partial charge on any atom is 0.251 e. The molecule has 0 radical (unpaired) electrons. The summed E-state index contributed by atoms with van der Waals surface area (Å²) in [4.78, 5) is 12.4. The molecule has 114 valence electrons. The molecule has 3 rings (SSSR count). The van der Waals surface area contributed by atoms with Gasteiger partial charge in [-0.2, -0.15) is 0 Å². The average molecular weight is 288 g/mol. The largest absolute Gasteiger partial charge is 0.495 e. The first-order valence-corrected chi connectivity index (χ1v) is 7.83. The number of carbonyl (C=O) groups excluding carboxylic acids is 1. The Morgan fingerprint density at radius 1 is 1.38 bits per heavy atom. The molecule has 2 saturated carbocycles. The van der Waals surface area contributed by atoms with Crippen LogP contribution in [0.2, 0.25) is 0 Å². The molecular formula is C17H24N2O2. The van der Waals surface area contributed by atoms with Crippen LogP contribution >= 0.6 is 0 Å². The summed E-state index contributed by atoms with van der Waals surface area (Å²) < 4.78 is 5.18. The Labute approximate surface area is 126 Å². The zero-order valence-corrected chi connectivity index (χ0v) is 12.8. The first-order valence-electron chi connectivity index (χ1n) is 7.83. The van der Waals surface area contributed by atoms with Crippen LogP contribution in [0.5, 0.6) is 5.75 Å². The van der Waals surface area contributed by atoms with Gasteiger partial charge in [0.1, 0.15) is 5.75 Å². The molecule has 0 aliphatic heterocycles. The molecule has 1 amide bonds. The predicted octanol–water partition coefficient (Wildman–Crippen LogP) is 2.83. The SMILES string of the molecule is COc1cc(C(=O)NC(C)C2CC3CCC2C3)ccc1N. The number of hydrogen-bond acceptors (Lipinski definition) is 3. The van der Waals surface area contributed by atoms with Gasteiger partial charge >= 0.3 is 0 Å². The minimum atomic E-state index is -0.0384. The third-order valence-electron chi connectivity index (χ3n) is 5.29. The number of methoxy groups -OCH3 is 1. The van der Waals surface area contributed by atoms with Crippen LogP contribution in [-0.4, -0.2) is 19.1 Å². The molecule has 2 aliphatic rings. The Morgan fingerprint density at radius 3 is 2.81 bits per heavy atom. The highest BCUT2D eigenvalue weighted by Crippen LogP contribution is 2.49. The van der Waals surface area contributed by atoms with Crippen molar-refractivity contribution in [2.75, 3.05) is 12.8 Å². The average Bonchev–Trinajstić information content (AvgIpc) is 3.10. The van der Waals surface area contributed by atoms with Gasteiger partial charge in [-0.05, 0) is 62.1 Å². The number of nitrogens with two attached hydrogens (primary N) is 1. The van der Waals surface area contributed by atoms with Crippen LogP contribution in [0.3, 0.4) is 0 Å². The molecule has 1 aromatic rings. The van der Waals surface area contributed by atoms with E-state index in [2.05, 4.69) is 12.2 Å². The zero-order valence-electron chi connectivity index (χ0n) is 12.8. The number of benzene rings is 1. The summed E-state index contributed by atoms with van der Waals surface area (Å²) in [5.74, 6) is 2.87. The van der Waals surface area contributed by atoms with Gasteiger partial charge in [-0.3, -0.25) is 4.79 Å². The summed E-state index contributed by atoms with van der Waals surface area (Å²) in [6, 6.07) is 5.41. The molecule has 4 nitrogen and oxygen atoms in total. The van der Waals surface area contributed by atoms with Gasteiger partial charge in [0.05, 0.1) is 12.8 Å². The summed E-state index contributed by atoms with van der Waals surface area (Å²) in [5.41, 5.74) is 6.94. The second-order valence-corrected chi connectivity index (χ2v) is 6.56. The summed E-state index contributed by atoms with van der Waals surface area (Å²) in [7, 11) is 1.56. The van der Waals surface area contributed by atoms with Crippen LogP contribution in [0, 0.1) is 17.8 Å². The van der Waals surface area contributed by atoms with Crippen LogP contribution in [-0.2, 0) is 0 Å². The Kier molecular flexibility index (Phi) is 3.79. The van der Waals surface area contributed by atoms with Crippen molar-refractivity contribution in [1.82, 2.24) is 5.32 Å². The number of nitrogen functional groups attached to an aromatic ring is 1. The quantitative estimate of drug-likeness (QED) is 0.837. The Bertz CT molecular complexity index is 544. The number of hydrogen-bond donors (Lipinski definition) is 2. The Hall–Kier alpha value is -1.71. The van der Waals surface area contributed by atoms with Crippen molar-refractivity contribution >= 4 is 11.6 Å². The summed E-state index contributed by atoms with van der Waals surface area (Å²) in [6.45, 7) is 2.14. The molecule has 0 spiro atoms. The zero-order chi connectivity index (χ0) is 15.0. The highest BCUT2D eigenvalue weighted by molar-refractivity contribution is 5.95. The minimum absolute atomic E-state index is 0.0384. The number of anilines is 1. The molecular weight excluding hydrogens is 264 g/mol. The van der Waals surface area contributed by atoms with E-state index < -0.39 is 0 Å². The molecule has 0 aromatic heterocycles. The summed E-state index contributed by atoms with van der Waals surface area (Å²) in [5, 5.41) is 3.16. The Balaban J connectivity index is 1.66. The van der Waals surface area contributed by atoms with Gasteiger partial charge < -0.3 is 15.8 Å². The van der Waals surface area contributed by atoms with Gasteiger partial charge in [0, 0.05) is 11.6 Å². The van der Waals surface area contributed by atoms with Crippen molar-refractivity contribution in [2.45, 2.75) is 38.6 Å². The normalized spacial score (nSPS) is 28.4. The maximum atomic E-state index is 12.4. The minimum Gasteiger partial charge on any atom is -0.495 e. The smallest absolute Gasteiger partial charge is 0.251 e. The first-order chi connectivity index (χ1) is 10.1. The number of nitrogens with one attached hydrogen (secondary N) is 1. The molecule has 21 heavy (non-hydrogen) atoms. The monoisotopic (exact) mass is 288 g/mol. The standard InChI is InChI=1S/C17H24N2O2/c1-10(14-8-11-3-4-12(14)7-11)19-17(20)13-5-6-15(18)16(9-13)21-2/h5-6,9-12,14H,3-4,7-8,18H2,1-2H3,(H,19,20). The lowest BCUT2D eigenvalue weighted by Gasteiger charge is -2.28. The van der Waals surface area contributed by atoms with E-state index in [1.807, 2.05) is 0 Å². The van der Waals surface area contributed by atoms with E-state index in [1.165, 1.54) is 25.7 Å². The molecule has 2 fully saturated rings. The molecule has 0 saturated heterocycles.